The highest BCUT2D eigenvalue weighted by Gasteiger charge is 2.13. The van der Waals surface area contributed by atoms with Crippen molar-refractivity contribution in [3.05, 3.63) is 72.3 Å². The number of nitriles is 1. The molecule has 0 saturated carbocycles. The van der Waals surface area contributed by atoms with Crippen molar-refractivity contribution in [2.45, 2.75) is 11.3 Å². The lowest BCUT2D eigenvalue weighted by molar-refractivity contribution is 0.102. The number of rotatable bonds is 6. The van der Waals surface area contributed by atoms with Crippen LogP contribution in [0.1, 0.15) is 16.9 Å². The molecule has 1 amide bonds. The molecule has 0 aliphatic heterocycles. The third-order valence-corrected chi connectivity index (χ3v) is 4.59. The predicted molar refractivity (Wildman–Crippen MR) is 98.9 cm³/mol. The first-order chi connectivity index (χ1) is 12.7. The molecule has 0 saturated heterocycles. The van der Waals surface area contributed by atoms with Crippen LogP contribution in [0.3, 0.4) is 0 Å². The second kappa shape index (κ2) is 8.32. The molecule has 130 valence electrons. The molecule has 0 bridgehead atoms. The van der Waals surface area contributed by atoms with E-state index in [1.165, 1.54) is 28.6 Å². The maximum atomic E-state index is 13.0. The molecular formula is C19H15FN4OS. The van der Waals surface area contributed by atoms with Crippen LogP contribution in [0.15, 0.2) is 65.7 Å². The van der Waals surface area contributed by atoms with Crippen LogP contribution in [0.25, 0.3) is 5.69 Å². The van der Waals surface area contributed by atoms with Crippen molar-refractivity contribution in [1.29, 1.82) is 5.26 Å². The quantitative estimate of drug-likeness (QED) is 0.522. The van der Waals surface area contributed by atoms with Crippen molar-refractivity contribution in [2.75, 3.05) is 11.1 Å². The number of amides is 1. The SMILES string of the molecule is N#CCCSc1ccccc1NC(=O)c1ccn(-c2ccc(F)cc2)n1. The van der Waals surface area contributed by atoms with Crippen molar-refractivity contribution < 1.29 is 9.18 Å². The third kappa shape index (κ3) is 4.29. The number of hydrogen-bond donors (Lipinski definition) is 1. The van der Waals surface area contributed by atoms with Crippen molar-refractivity contribution in [2.24, 2.45) is 0 Å². The lowest BCUT2D eigenvalue weighted by Crippen LogP contribution is -2.13. The van der Waals surface area contributed by atoms with Crippen molar-refractivity contribution in [1.82, 2.24) is 9.78 Å². The van der Waals surface area contributed by atoms with Crippen molar-refractivity contribution >= 4 is 23.4 Å². The Labute approximate surface area is 154 Å². The molecule has 0 fully saturated rings. The number of benzene rings is 2. The minimum absolute atomic E-state index is 0.256. The summed E-state index contributed by atoms with van der Waals surface area (Å²) in [4.78, 5) is 13.4. The summed E-state index contributed by atoms with van der Waals surface area (Å²) < 4.78 is 14.5. The molecule has 1 aromatic heterocycles. The van der Waals surface area contributed by atoms with E-state index in [4.69, 9.17) is 5.26 Å². The largest absolute Gasteiger partial charge is 0.320 e. The molecule has 0 atom stereocenters. The molecule has 26 heavy (non-hydrogen) atoms. The number of nitrogens with one attached hydrogen (secondary N) is 1. The lowest BCUT2D eigenvalue weighted by atomic mass is 10.3. The van der Waals surface area contributed by atoms with E-state index in [-0.39, 0.29) is 17.4 Å². The fraction of sp³-hybridized carbons (Fsp3) is 0.105. The number of halogens is 1. The van der Waals surface area contributed by atoms with Gasteiger partial charge in [-0.3, -0.25) is 4.79 Å². The van der Waals surface area contributed by atoms with Crippen LogP contribution in [0.4, 0.5) is 10.1 Å². The highest BCUT2D eigenvalue weighted by atomic mass is 32.2. The first-order valence-electron chi connectivity index (χ1n) is 7.89. The molecule has 3 rings (SSSR count). The van der Waals surface area contributed by atoms with Crippen LogP contribution in [0.2, 0.25) is 0 Å². The van der Waals surface area contributed by atoms with Gasteiger partial charge in [0.25, 0.3) is 5.91 Å². The summed E-state index contributed by atoms with van der Waals surface area (Å²) in [6, 6.07) is 17.0. The summed E-state index contributed by atoms with van der Waals surface area (Å²) in [5.74, 6) is -0.00802. The second-order valence-corrected chi connectivity index (χ2v) is 6.47. The Morgan fingerprint density at radius 3 is 2.73 bits per heavy atom. The summed E-state index contributed by atoms with van der Waals surface area (Å²) in [5, 5.41) is 15.7. The first kappa shape index (κ1) is 17.7. The van der Waals surface area contributed by atoms with Gasteiger partial charge >= 0.3 is 0 Å². The Morgan fingerprint density at radius 2 is 1.96 bits per heavy atom. The van der Waals surface area contributed by atoms with E-state index in [1.807, 2.05) is 24.3 Å². The highest BCUT2D eigenvalue weighted by Crippen LogP contribution is 2.27. The average molecular weight is 366 g/mol. The van der Waals surface area contributed by atoms with Gasteiger partial charge in [0.1, 0.15) is 5.82 Å². The fourth-order valence-corrected chi connectivity index (χ4v) is 3.13. The number of carbonyl (C=O) groups excluding carboxylic acids is 1. The molecule has 0 spiro atoms. The van der Waals surface area contributed by atoms with Crippen LogP contribution < -0.4 is 5.32 Å². The monoisotopic (exact) mass is 366 g/mol. The van der Waals surface area contributed by atoms with Crippen molar-refractivity contribution in [3.8, 4) is 11.8 Å². The summed E-state index contributed by atoms with van der Waals surface area (Å²) in [6.45, 7) is 0. The molecule has 0 unspecified atom stereocenters. The summed E-state index contributed by atoms with van der Waals surface area (Å²) in [6.07, 6.45) is 2.09. The van der Waals surface area contributed by atoms with Gasteiger partial charge < -0.3 is 5.32 Å². The first-order valence-corrected chi connectivity index (χ1v) is 8.87. The van der Waals surface area contributed by atoms with Gasteiger partial charge in [-0.25, -0.2) is 9.07 Å². The maximum Gasteiger partial charge on any atom is 0.276 e. The zero-order valence-corrected chi connectivity index (χ0v) is 14.5. The van der Waals surface area contributed by atoms with Crippen LogP contribution in [-0.4, -0.2) is 21.4 Å². The Kier molecular flexibility index (Phi) is 5.66. The van der Waals surface area contributed by atoms with Gasteiger partial charge in [0.05, 0.1) is 17.4 Å². The molecule has 2 aromatic carbocycles. The maximum absolute atomic E-state index is 13.0. The third-order valence-electron chi connectivity index (χ3n) is 3.52. The van der Waals surface area contributed by atoms with Crippen LogP contribution in [0.5, 0.6) is 0 Å². The number of nitrogens with zero attached hydrogens (tertiary/aromatic N) is 3. The van der Waals surface area contributed by atoms with E-state index >= 15 is 0 Å². The summed E-state index contributed by atoms with van der Waals surface area (Å²) in [7, 11) is 0. The predicted octanol–water partition coefficient (Wildman–Crippen LogP) is 4.27. The smallest absolute Gasteiger partial charge is 0.276 e. The molecule has 1 heterocycles. The van der Waals surface area contributed by atoms with Crippen LogP contribution in [-0.2, 0) is 0 Å². The standard InChI is InChI=1S/C19H15FN4OS/c20-14-6-8-15(9-7-14)24-12-10-17(23-24)19(25)22-16-4-1-2-5-18(16)26-13-3-11-21/h1-2,4-10,12H,3,13H2,(H,22,25). The van der Waals surface area contributed by atoms with E-state index < -0.39 is 0 Å². The van der Waals surface area contributed by atoms with Gasteiger partial charge in [-0.15, -0.1) is 11.8 Å². The van der Waals surface area contributed by atoms with Gasteiger partial charge in [-0.2, -0.15) is 10.4 Å². The Balaban J connectivity index is 1.73. The van der Waals surface area contributed by atoms with Gasteiger partial charge in [-0.1, -0.05) is 12.1 Å². The molecule has 1 N–H and O–H groups in total. The Bertz CT molecular complexity index is 947. The zero-order valence-electron chi connectivity index (χ0n) is 13.7. The number of para-hydroxylation sites is 1. The molecule has 7 heteroatoms. The minimum atomic E-state index is -0.334. The highest BCUT2D eigenvalue weighted by molar-refractivity contribution is 7.99. The molecular weight excluding hydrogens is 351 g/mol. The average Bonchev–Trinajstić information content (AvgIpc) is 3.14. The number of thioether (sulfide) groups is 1. The van der Waals surface area contributed by atoms with E-state index in [1.54, 1.807) is 24.4 Å². The summed E-state index contributed by atoms with van der Waals surface area (Å²) in [5.41, 5.74) is 1.60. The van der Waals surface area contributed by atoms with Gasteiger partial charge in [0, 0.05) is 23.3 Å². The number of aromatic nitrogens is 2. The molecule has 3 aromatic rings. The van der Waals surface area contributed by atoms with Crippen LogP contribution in [0, 0.1) is 17.1 Å². The van der Waals surface area contributed by atoms with Gasteiger partial charge in [0.2, 0.25) is 0 Å². The van der Waals surface area contributed by atoms with E-state index in [9.17, 15) is 9.18 Å². The second-order valence-electron chi connectivity index (χ2n) is 5.33. The molecule has 0 radical (unpaired) electrons. The van der Waals surface area contributed by atoms with Gasteiger partial charge in [0.15, 0.2) is 5.69 Å². The number of anilines is 1. The molecule has 0 aliphatic carbocycles. The normalized spacial score (nSPS) is 10.3. The van der Waals surface area contributed by atoms with Gasteiger partial charge in [-0.05, 0) is 42.5 Å². The minimum Gasteiger partial charge on any atom is -0.320 e. The lowest BCUT2D eigenvalue weighted by Gasteiger charge is -2.09. The number of hydrogen-bond acceptors (Lipinski definition) is 4. The van der Waals surface area contributed by atoms with E-state index in [2.05, 4.69) is 16.5 Å². The molecule has 5 nitrogen and oxygen atoms in total. The van der Waals surface area contributed by atoms with Crippen LogP contribution >= 0.6 is 11.8 Å². The van der Waals surface area contributed by atoms with E-state index in [0.29, 0.717) is 23.5 Å². The van der Waals surface area contributed by atoms with E-state index in [0.717, 1.165) is 4.90 Å². The zero-order chi connectivity index (χ0) is 18.4. The number of carbonyl (C=O) groups is 1. The topological polar surface area (TPSA) is 70.7 Å². The van der Waals surface area contributed by atoms with Crippen molar-refractivity contribution in [3.63, 3.8) is 0 Å². The summed E-state index contributed by atoms with van der Waals surface area (Å²) >= 11 is 1.51. The molecule has 0 aliphatic rings. The fourth-order valence-electron chi connectivity index (χ4n) is 2.27. The Morgan fingerprint density at radius 1 is 1.19 bits per heavy atom. The Hall–Kier alpha value is -3.11.